The zero-order valence-corrected chi connectivity index (χ0v) is 20.1. The molecule has 0 radical (unpaired) electrons. The Bertz CT molecular complexity index is 677. The highest BCUT2D eigenvalue weighted by atomic mass is 32.1. The fourth-order valence-electron chi connectivity index (χ4n) is 2.90. The van der Waals surface area contributed by atoms with E-state index in [4.69, 9.17) is 22.3 Å². The minimum Gasteiger partial charge on any atom is -0.480 e. The number of aliphatic carboxylic acids is 1. The second-order valence-corrected chi connectivity index (χ2v) is 8.59. The van der Waals surface area contributed by atoms with Crippen LogP contribution in [0.25, 0.3) is 0 Å². The maximum Gasteiger partial charge on any atom is 0.327 e. The third-order valence-corrected chi connectivity index (χ3v) is 5.12. The predicted octanol–water partition coefficient (Wildman–Crippen LogP) is -1.78. The summed E-state index contributed by atoms with van der Waals surface area (Å²) in [6, 6.07) is -4.26. The van der Waals surface area contributed by atoms with E-state index in [0.717, 1.165) is 0 Å². The number of carbonyl (C=O) groups excluding carboxylic acids is 4. The molecule has 190 valence electrons. The van der Waals surface area contributed by atoms with Crippen LogP contribution in [0.4, 0.5) is 0 Å². The van der Waals surface area contributed by atoms with Crippen LogP contribution in [0.1, 0.15) is 52.4 Å². The van der Waals surface area contributed by atoms with Gasteiger partial charge in [0, 0.05) is 12.2 Å². The molecule has 4 amide bonds. The summed E-state index contributed by atoms with van der Waals surface area (Å²) in [5.41, 5.74) is 16.4. The Morgan fingerprint density at radius 3 is 1.91 bits per heavy atom. The van der Waals surface area contributed by atoms with Crippen LogP contribution in [0, 0.1) is 5.92 Å². The van der Waals surface area contributed by atoms with Gasteiger partial charge >= 0.3 is 5.97 Å². The smallest absolute Gasteiger partial charge is 0.327 e. The quantitative estimate of drug-likeness (QED) is 0.0858. The van der Waals surface area contributed by atoms with Gasteiger partial charge in [-0.3, -0.25) is 19.2 Å². The molecule has 10 N–H and O–H groups in total. The SMILES string of the molecule is CC(C)CC(NC(=O)C(CCCCN)NC(=O)C(N)CCC(N)=O)C(=O)NC(CS)C(=O)O. The van der Waals surface area contributed by atoms with E-state index in [1.807, 2.05) is 13.8 Å². The van der Waals surface area contributed by atoms with Gasteiger partial charge in [-0.25, -0.2) is 4.79 Å². The number of thiol groups is 1. The van der Waals surface area contributed by atoms with E-state index in [2.05, 4.69) is 28.6 Å². The van der Waals surface area contributed by atoms with E-state index in [1.165, 1.54) is 0 Å². The lowest BCUT2D eigenvalue weighted by atomic mass is 10.0. The lowest BCUT2D eigenvalue weighted by Gasteiger charge is -2.26. The van der Waals surface area contributed by atoms with E-state index >= 15 is 0 Å². The van der Waals surface area contributed by atoms with Gasteiger partial charge in [0.05, 0.1) is 6.04 Å². The lowest BCUT2D eigenvalue weighted by Crippen LogP contribution is -2.57. The van der Waals surface area contributed by atoms with Crippen molar-refractivity contribution in [1.29, 1.82) is 0 Å². The number of carboxylic acids is 1. The normalized spacial score (nSPS) is 14.6. The van der Waals surface area contributed by atoms with Gasteiger partial charge in [-0.1, -0.05) is 13.8 Å². The third kappa shape index (κ3) is 13.0. The first-order chi connectivity index (χ1) is 15.4. The van der Waals surface area contributed by atoms with Crippen molar-refractivity contribution < 1.29 is 29.1 Å². The van der Waals surface area contributed by atoms with Crippen molar-refractivity contribution in [2.45, 2.75) is 76.5 Å². The molecule has 0 rings (SSSR count). The van der Waals surface area contributed by atoms with Crippen molar-refractivity contribution in [2.75, 3.05) is 12.3 Å². The number of nitrogens with one attached hydrogen (secondary N) is 3. The number of carbonyl (C=O) groups is 5. The van der Waals surface area contributed by atoms with Crippen molar-refractivity contribution in [1.82, 2.24) is 16.0 Å². The van der Waals surface area contributed by atoms with Crippen molar-refractivity contribution in [3.63, 3.8) is 0 Å². The Morgan fingerprint density at radius 1 is 0.879 bits per heavy atom. The molecular formula is C20H38N6O6S. The summed E-state index contributed by atoms with van der Waals surface area (Å²) >= 11 is 3.92. The molecule has 0 spiro atoms. The molecular weight excluding hydrogens is 452 g/mol. The number of carboxylic acid groups (broad SMARTS) is 1. The molecule has 12 nitrogen and oxygen atoms in total. The standard InChI is InChI=1S/C20H38N6O6S/c1-11(2)9-14(19(30)26-15(10-33)20(31)32)25-18(29)13(5-3-4-8-21)24-17(28)12(22)6-7-16(23)27/h11-15,33H,3-10,21-22H2,1-2H3,(H2,23,27)(H,24,28)(H,25,29)(H,26,30)(H,31,32). The van der Waals surface area contributed by atoms with Gasteiger partial charge in [0.25, 0.3) is 0 Å². The molecule has 0 bridgehead atoms. The molecule has 0 aromatic carbocycles. The summed E-state index contributed by atoms with van der Waals surface area (Å²) in [5, 5.41) is 16.7. The van der Waals surface area contributed by atoms with Crippen LogP contribution in [0.3, 0.4) is 0 Å². The summed E-state index contributed by atoms with van der Waals surface area (Å²) in [7, 11) is 0. The molecule has 0 aromatic heterocycles. The van der Waals surface area contributed by atoms with E-state index < -0.39 is 53.8 Å². The highest BCUT2D eigenvalue weighted by molar-refractivity contribution is 7.80. The van der Waals surface area contributed by atoms with Crippen molar-refractivity contribution in [3.8, 4) is 0 Å². The van der Waals surface area contributed by atoms with Crippen LogP contribution in [0.2, 0.25) is 0 Å². The first-order valence-electron chi connectivity index (χ1n) is 10.9. The zero-order valence-electron chi connectivity index (χ0n) is 19.2. The number of hydrogen-bond acceptors (Lipinski definition) is 8. The van der Waals surface area contributed by atoms with Gasteiger partial charge in [-0.05, 0) is 44.6 Å². The first-order valence-corrected chi connectivity index (χ1v) is 11.5. The monoisotopic (exact) mass is 490 g/mol. The molecule has 0 fully saturated rings. The summed E-state index contributed by atoms with van der Waals surface area (Å²) in [4.78, 5) is 60.2. The fraction of sp³-hybridized carbons (Fsp3) is 0.750. The third-order valence-electron chi connectivity index (χ3n) is 4.76. The number of nitrogens with two attached hydrogens (primary N) is 3. The van der Waals surface area contributed by atoms with Crippen LogP contribution in [-0.2, 0) is 24.0 Å². The zero-order chi connectivity index (χ0) is 25.6. The molecule has 0 saturated carbocycles. The van der Waals surface area contributed by atoms with Crippen LogP contribution in [0.15, 0.2) is 0 Å². The Balaban J connectivity index is 5.39. The number of amides is 4. The molecule has 4 atom stereocenters. The van der Waals surface area contributed by atoms with Crippen LogP contribution < -0.4 is 33.2 Å². The maximum absolute atomic E-state index is 13.0. The van der Waals surface area contributed by atoms with Crippen LogP contribution >= 0.6 is 12.6 Å². The van der Waals surface area contributed by atoms with Gasteiger partial charge in [0.15, 0.2) is 0 Å². The van der Waals surface area contributed by atoms with E-state index in [1.54, 1.807) is 0 Å². The second-order valence-electron chi connectivity index (χ2n) is 8.23. The van der Waals surface area contributed by atoms with Gasteiger partial charge < -0.3 is 38.3 Å². The Kier molecular flexibility index (Phi) is 15.1. The average Bonchev–Trinajstić information content (AvgIpc) is 2.73. The van der Waals surface area contributed by atoms with Crippen LogP contribution in [0.5, 0.6) is 0 Å². The Labute approximate surface area is 199 Å². The van der Waals surface area contributed by atoms with Gasteiger partial charge in [-0.15, -0.1) is 0 Å². The highest BCUT2D eigenvalue weighted by Crippen LogP contribution is 2.09. The van der Waals surface area contributed by atoms with Gasteiger partial charge in [0.2, 0.25) is 23.6 Å². The van der Waals surface area contributed by atoms with E-state index in [0.29, 0.717) is 19.4 Å². The Morgan fingerprint density at radius 2 is 1.42 bits per heavy atom. The van der Waals surface area contributed by atoms with E-state index in [-0.39, 0.29) is 37.4 Å². The van der Waals surface area contributed by atoms with Crippen molar-refractivity contribution in [3.05, 3.63) is 0 Å². The number of unbranched alkanes of at least 4 members (excludes halogenated alkanes) is 1. The number of primary amides is 1. The molecule has 0 heterocycles. The largest absolute Gasteiger partial charge is 0.480 e. The van der Waals surface area contributed by atoms with Crippen LogP contribution in [-0.4, -0.2) is 71.2 Å². The molecule has 33 heavy (non-hydrogen) atoms. The predicted molar refractivity (Wildman–Crippen MR) is 126 cm³/mol. The van der Waals surface area contributed by atoms with Gasteiger partial charge in [0.1, 0.15) is 18.1 Å². The Hall–Kier alpha value is -2.38. The minimum atomic E-state index is -1.25. The molecule has 4 unspecified atom stereocenters. The molecule has 0 aliphatic heterocycles. The number of hydrogen-bond donors (Lipinski definition) is 8. The second kappa shape index (κ2) is 16.3. The summed E-state index contributed by atoms with van der Waals surface area (Å²) in [5.74, 6) is -3.86. The molecule has 13 heteroatoms. The highest BCUT2D eigenvalue weighted by Gasteiger charge is 2.30. The van der Waals surface area contributed by atoms with E-state index in [9.17, 15) is 24.0 Å². The van der Waals surface area contributed by atoms with Crippen molar-refractivity contribution in [2.24, 2.45) is 23.1 Å². The maximum atomic E-state index is 13.0. The first kappa shape index (κ1) is 30.6. The summed E-state index contributed by atoms with van der Waals surface area (Å²) in [6.45, 7) is 4.09. The minimum absolute atomic E-state index is 0.00725. The molecule has 0 aliphatic rings. The molecule has 0 aromatic rings. The van der Waals surface area contributed by atoms with Gasteiger partial charge in [-0.2, -0.15) is 12.6 Å². The topological polar surface area (TPSA) is 220 Å². The summed E-state index contributed by atoms with van der Waals surface area (Å²) in [6.07, 6.45) is 1.60. The fourth-order valence-corrected chi connectivity index (χ4v) is 3.15. The molecule has 0 saturated heterocycles. The van der Waals surface area contributed by atoms with Crippen molar-refractivity contribution >= 4 is 42.2 Å². The molecule has 0 aliphatic carbocycles. The lowest BCUT2D eigenvalue weighted by molar-refractivity contribution is -0.141. The summed E-state index contributed by atoms with van der Waals surface area (Å²) < 4.78 is 0. The number of rotatable bonds is 17. The average molecular weight is 491 g/mol.